The summed E-state index contributed by atoms with van der Waals surface area (Å²) in [5.41, 5.74) is 0.196. The second kappa shape index (κ2) is 3.13. The van der Waals surface area contributed by atoms with E-state index in [1.54, 1.807) is 13.1 Å². The molecular formula is C8H9N4O2. The van der Waals surface area contributed by atoms with E-state index in [0.29, 0.717) is 12.1 Å². The Morgan fingerprint density at radius 2 is 2.36 bits per heavy atom. The van der Waals surface area contributed by atoms with Gasteiger partial charge in [-0.1, -0.05) is 0 Å². The van der Waals surface area contributed by atoms with Crippen molar-refractivity contribution in [3.05, 3.63) is 28.2 Å². The maximum absolute atomic E-state index is 11.3. The molecule has 1 radical (unpaired) electrons. The summed E-state index contributed by atoms with van der Waals surface area (Å²) in [6.45, 7) is 0.450. The molecule has 0 spiro atoms. The zero-order valence-electron chi connectivity index (χ0n) is 7.60. The van der Waals surface area contributed by atoms with Gasteiger partial charge in [-0.05, 0) is 6.07 Å². The normalized spacial score (nSPS) is 21.1. The summed E-state index contributed by atoms with van der Waals surface area (Å²) in [5.74, 6) is 0. The topological polar surface area (TPSA) is 80.2 Å². The van der Waals surface area contributed by atoms with Gasteiger partial charge in [-0.3, -0.25) is 4.79 Å². The minimum Gasteiger partial charge on any atom is -0.324 e. The first-order valence-electron chi connectivity index (χ1n) is 4.18. The largest absolute Gasteiger partial charge is 0.339 e. The van der Waals surface area contributed by atoms with Gasteiger partial charge in [-0.15, -0.1) is 0 Å². The van der Waals surface area contributed by atoms with Crippen molar-refractivity contribution in [3.63, 3.8) is 0 Å². The van der Waals surface area contributed by atoms with Gasteiger partial charge in [-0.2, -0.15) is 5.10 Å². The number of carbonyl (C=O) groups excluding carboxylic acids is 1. The third-order valence-electron chi connectivity index (χ3n) is 2.16. The van der Waals surface area contributed by atoms with E-state index in [9.17, 15) is 9.59 Å². The van der Waals surface area contributed by atoms with Crippen LogP contribution in [0.2, 0.25) is 0 Å². The highest BCUT2D eigenvalue weighted by atomic mass is 16.2. The van der Waals surface area contributed by atoms with Crippen LogP contribution < -0.4 is 10.9 Å². The summed E-state index contributed by atoms with van der Waals surface area (Å²) in [6, 6.07) is 0.935. The van der Waals surface area contributed by atoms with E-state index < -0.39 is 0 Å². The summed E-state index contributed by atoms with van der Waals surface area (Å²) >= 11 is 0. The molecule has 1 fully saturated rings. The van der Waals surface area contributed by atoms with Crippen LogP contribution in [0.3, 0.4) is 0 Å². The first kappa shape index (κ1) is 8.74. The number of aromatic nitrogens is 2. The minimum atomic E-state index is -0.362. The average Bonchev–Trinajstić information content (AvgIpc) is 2.48. The van der Waals surface area contributed by atoms with Crippen LogP contribution in [0.15, 0.2) is 17.1 Å². The van der Waals surface area contributed by atoms with Gasteiger partial charge < -0.3 is 4.90 Å². The molecule has 6 heteroatoms. The lowest BCUT2D eigenvalue weighted by atomic mass is 10.1. The molecule has 1 aliphatic heterocycles. The molecule has 0 aliphatic carbocycles. The molecule has 73 valence electrons. The van der Waals surface area contributed by atoms with Crippen molar-refractivity contribution in [1.29, 1.82) is 0 Å². The quantitative estimate of drug-likeness (QED) is 0.651. The van der Waals surface area contributed by atoms with Crippen molar-refractivity contribution in [2.24, 2.45) is 0 Å². The highest BCUT2D eigenvalue weighted by Gasteiger charge is 2.30. The van der Waals surface area contributed by atoms with Crippen LogP contribution in [0.25, 0.3) is 0 Å². The van der Waals surface area contributed by atoms with Crippen molar-refractivity contribution >= 4 is 6.03 Å². The van der Waals surface area contributed by atoms with E-state index in [1.165, 1.54) is 11.1 Å². The van der Waals surface area contributed by atoms with Gasteiger partial charge in [0.1, 0.15) is 6.04 Å². The summed E-state index contributed by atoms with van der Waals surface area (Å²) in [4.78, 5) is 23.9. The molecule has 1 N–H and O–H groups in total. The number of amides is 2. The fourth-order valence-corrected chi connectivity index (χ4v) is 1.39. The number of nitrogens with one attached hydrogen (secondary N) is 1. The number of nitrogens with zero attached hydrogens (tertiary/aromatic N) is 3. The number of hydrogen-bond donors (Lipinski definition) is 1. The van der Waals surface area contributed by atoms with E-state index in [4.69, 9.17) is 0 Å². The summed E-state index contributed by atoms with van der Waals surface area (Å²) < 4.78 is 0. The lowest BCUT2D eigenvalue weighted by Crippen LogP contribution is -2.21. The van der Waals surface area contributed by atoms with Crippen LogP contribution in [0.1, 0.15) is 11.6 Å². The fourth-order valence-electron chi connectivity index (χ4n) is 1.39. The number of rotatable bonds is 1. The number of carbonyl (C=O) groups is 1. The zero-order chi connectivity index (χ0) is 10.1. The third-order valence-corrected chi connectivity index (χ3v) is 2.16. The molecule has 2 rings (SSSR count). The first-order valence-corrected chi connectivity index (χ1v) is 4.18. The maximum atomic E-state index is 11.3. The molecule has 1 saturated heterocycles. The number of urea groups is 1. The Bertz CT molecular complexity index is 414. The van der Waals surface area contributed by atoms with E-state index in [2.05, 4.69) is 15.5 Å². The van der Waals surface area contributed by atoms with Crippen molar-refractivity contribution in [3.8, 4) is 0 Å². The summed E-state index contributed by atoms with van der Waals surface area (Å²) in [6.07, 6.45) is 1.48. The number of hydrogen-bond acceptors (Lipinski definition) is 3. The third kappa shape index (κ3) is 1.34. The second-order valence-corrected chi connectivity index (χ2v) is 3.15. The lowest BCUT2D eigenvalue weighted by Gasteiger charge is -2.05. The molecule has 2 amide bonds. The van der Waals surface area contributed by atoms with Crippen LogP contribution in [-0.4, -0.2) is 34.7 Å². The Morgan fingerprint density at radius 1 is 1.57 bits per heavy atom. The van der Waals surface area contributed by atoms with Crippen LogP contribution >= 0.6 is 0 Å². The van der Waals surface area contributed by atoms with E-state index in [0.717, 1.165) is 0 Å². The van der Waals surface area contributed by atoms with Crippen LogP contribution in [0, 0.1) is 0 Å². The molecule has 14 heavy (non-hydrogen) atoms. The average molecular weight is 193 g/mol. The van der Waals surface area contributed by atoms with Crippen molar-refractivity contribution < 1.29 is 4.79 Å². The van der Waals surface area contributed by atoms with Gasteiger partial charge in [0.25, 0.3) is 5.56 Å². The minimum absolute atomic E-state index is 0.286. The second-order valence-electron chi connectivity index (χ2n) is 3.15. The number of aromatic amines is 1. The van der Waals surface area contributed by atoms with Gasteiger partial charge >= 0.3 is 6.03 Å². The monoisotopic (exact) mass is 193 g/mol. The van der Waals surface area contributed by atoms with Crippen molar-refractivity contribution in [2.75, 3.05) is 13.6 Å². The lowest BCUT2D eigenvalue weighted by molar-refractivity contribution is 0.225. The van der Waals surface area contributed by atoms with E-state index >= 15 is 0 Å². The van der Waals surface area contributed by atoms with Crippen molar-refractivity contribution in [2.45, 2.75) is 6.04 Å². The number of likely N-dealkylation sites (N-methyl/N-ethyl adjacent to an activating group) is 1. The Morgan fingerprint density at radius 3 is 2.93 bits per heavy atom. The Hall–Kier alpha value is -1.85. The highest BCUT2D eigenvalue weighted by Crippen LogP contribution is 2.16. The van der Waals surface area contributed by atoms with Crippen molar-refractivity contribution in [1.82, 2.24) is 20.4 Å². The predicted octanol–water partition coefficient (Wildman–Crippen LogP) is -0.519. The smallest absolute Gasteiger partial charge is 0.324 e. The zero-order valence-corrected chi connectivity index (χ0v) is 7.60. The number of H-pyrrole nitrogens is 1. The van der Waals surface area contributed by atoms with Gasteiger partial charge in [-0.25, -0.2) is 15.2 Å². The molecule has 2 heterocycles. The molecule has 1 aromatic heterocycles. The standard InChI is InChI=1S/C8H9N4O2/c1-12-4-6(10-8(12)14)5-2-3-9-11-7(5)13/h2-3,6H,4H2,1H3,(H,11,13). The molecule has 0 bridgehead atoms. The fraction of sp³-hybridized carbons (Fsp3) is 0.375. The van der Waals surface area contributed by atoms with Gasteiger partial charge in [0.2, 0.25) is 0 Å². The molecule has 1 atom stereocenters. The molecule has 0 aromatic carbocycles. The van der Waals surface area contributed by atoms with Gasteiger partial charge in [0, 0.05) is 25.4 Å². The SMILES string of the molecule is CN1CC(c2ccn[nH]c2=O)[N]C1=O. The predicted molar refractivity (Wildman–Crippen MR) is 47.8 cm³/mol. The van der Waals surface area contributed by atoms with Gasteiger partial charge in [0.05, 0.1) is 0 Å². The van der Waals surface area contributed by atoms with Gasteiger partial charge in [0.15, 0.2) is 0 Å². The van der Waals surface area contributed by atoms with E-state index in [1.807, 2.05) is 0 Å². The van der Waals surface area contributed by atoms with E-state index in [-0.39, 0.29) is 17.6 Å². The molecular weight excluding hydrogens is 184 g/mol. The Kier molecular flexibility index (Phi) is 1.95. The Labute approximate surface area is 79.9 Å². The Balaban J connectivity index is 2.30. The maximum Gasteiger partial charge on any atom is 0.339 e. The molecule has 1 aromatic rings. The summed E-state index contributed by atoms with van der Waals surface area (Å²) in [7, 11) is 1.65. The summed E-state index contributed by atoms with van der Waals surface area (Å²) in [5, 5.41) is 9.73. The molecule has 0 saturated carbocycles. The molecule has 1 aliphatic rings. The molecule has 6 nitrogen and oxygen atoms in total. The highest BCUT2D eigenvalue weighted by molar-refractivity contribution is 5.76. The first-order chi connectivity index (χ1) is 6.68. The van der Waals surface area contributed by atoms with Crippen LogP contribution in [-0.2, 0) is 0 Å². The van der Waals surface area contributed by atoms with Crippen LogP contribution in [0.4, 0.5) is 4.79 Å². The van der Waals surface area contributed by atoms with Crippen LogP contribution in [0.5, 0.6) is 0 Å². The molecule has 1 unspecified atom stereocenters.